The van der Waals surface area contributed by atoms with Crippen LogP contribution in [0.1, 0.15) is 43.9 Å². The Kier molecular flexibility index (Phi) is 4.47. The van der Waals surface area contributed by atoms with Crippen LogP contribution >= 0.6 is 22.9 Å². The Morgan fingerprint density at radius 1 is 1.47 bits per heavy atom. The quantitative estimate of drug-likeness (QED) is 0.633. The van der Waals surface area contributed by atoms with Crippen molar-refractivity contribution in [2.75, 3.05) is 0 Å². The number of hydrogen-bond acceptors (Lipinski definition) is 3. The molecule has 0 aliphatic heterocycles. The van der Waals surface area contributed by atoms with Crippen LogP contribution in [0.25, 0.3) is 0 Å². The molecule has 1 heterocycles. The third-order valence-corrected chi connectivity index (χ3v) is 5.53. The second kappa shape index (κ2) is 5.70. The van der Waals surface area contributed by atoms with E-state index in [2.05, 4.69) is 18.4 Å². The molecule has 0 aromatic carbocycles. The predicted octanol–water partition coefficient (Wildman–Crippen LogP) is 3.75. The molecule has 1 atom stereocenters. The molecule has 0 spiro atoms. The van der Waals surface area contributed by atoms with E-state index in [0.29, 0.717) is 11.5 Å². The Balaban J connectivity index is 2.10. The maximum Gasteiger partial charge on any atom is 0.0931 e. The topological polar surface area (TPSA) is 38.0 Å². The summed E-state index contributed by atoms with van der Waals surface area (Å²) in [6, 6.07) is 4.47. The first kappa shape index (κ1) is 13.3. The highest BCUT2D eigenvalue weighted by Crippen LogP contribution is 2.44. The summed E-state index contributed by atoms with van der Waals surface area (Å²) < 4.78 is 0.868. The van der Waals surface area contributed by atoms with E-state index in [4.69, 9.17) is 17.4 Å². The van der Waals surface area contributed by atoms with E-state index >= 15 is 0 Å². The molecule has 2 rings (SSSR count). The van der Waals surface area contributed by atoms with E-state index in [1.165, 1.54) is 37.0 Å². The summed E-state index contributed by atoms with van der Waals surface area (Å²) in [5.74, 6) is 5.79. The van der Waals surface area contributed by atoms with Crippen LogP contribution in [-0.4, -0.2) is 6.04 Å². The summed E-state index contributed by atoms with van der Waals surface area (Å²) in [6.07, 6.45) is 7.51. The van der Waals surface area contributed by atoms with Gasteiger partial charge < -0.3 is 0 Å². The van der Waals surface area contributed by atoms with Gasteiger partial charge >= 0.3 is 0 Å². The number of hydrazine groups is 1. The highest BCUT2D eigenvalue weighted by Gasteiger charge is 2.39. The molecule has 1 aromatic heterocycles. The van der Waals surface area contributed by atoms with Crippen molar-refractivity contribution in [3.8, 4) is 0 Å². The van der Waals surface area contributed by atoms with E-state index < -0.39 is 0 Å². The standard InChI is InChI=1S/C13H21ClN2S/c1-2-13(7-3-4-8-13)11(16-15)9-10-5-6-12(14)17-10/h5-6,11,16H,2-4,7-9,15H2,1H3. The Morgan fingerprint density at radius 3 is 2.65 bits per heavy atom. The van der Waals surface area contributed by atoms with Gasteiger partial charge in [0.2, 0.25) is 0 Å². The summed E-state index contributed by atoms with van der Waals surface area (Å²) in [5, 5.41) is 0. The number of thiophene rings is 1. The summed E-state index contributed by atoms with van der Waals surface area (Å²) in [7, 11) is 0. The number of rotatable bonds is 5. The van der Waals surface area contributed by atoms with Gasteiger partial charge in [0.05, 0.1) is 4.34 Å². The first-order chi connectivity index (χ1) is 8.20. The fraction of sp³-hybridized carbons (Fsp3) is 0.692. The lowest BCUT2D eigenvalue weighted by Crippen LogP contribution is -2.48. The second-order valence-electron chi connectivity index (χ2n) is 5.05. The van der Waals surface area contributed by atoms with Gasteiger partial charge in [-0.25, -0.2) is 0 Å². The molecule has 17 heavy (non-hydrogen) atoms. The molecule has 1 saturated carbocycles. The zero-order valence-electron chi connectivity index (χ0n) is 10.3. The first-order valence-electron chi connectivity index (χ1n) is 6.40. The number of nitrogens with two attached hydrogens (primary N) is 1. The minimum Gasteiger partial charge on any atom is -0.271 e. The normalized spacial score (nSPS) is 20.6. The fourth-order valence-electron chi connectivity index (χ4n) is 3.14. The molecule has 1 aliphatic rings. The van der Waals surface area contributed by atoms with Gasteiger partial charge in [-0.3, -0.25) is 11.3 Å². The number of halogens is 1. The third-order valence-electron chi connectivity index (χ3n) is 4.28. The summed E-state index contributed by atoms with van der Waals surface area (Å²) in [6.45, 7) is 2.29. The van der Waals surface area contributed by atoms with Gasteiger partial charge in [-0.1, -0.05) is 31.4 Å². The van der Waals surface area contributed by atoms with Gasteiger partial charge in [-0.2, -0.15) is 0 Å². The van der Waals surface area contributed by atoms with Crippen LogP contribution in [0.4, 0.5) is 0 Å². The van der Waals surface area contributed by atoms with Crippen LogP contribution in [0.15, 0.2) is 12.1 Å². The zero-order valence-corrected chi connectivity index (χ0v) is 11.9. The molecule has 1 aliphatic carbocycles. The Labute approximate surface area is 113 Å². The van der Waals surface area contributed by atoms with Crippen LogP contribution in [0.2, 0.25) is 4.34 Å². The van der Waals surface area contributed by atoms with Gasteiger partial charge in [-0.05, 0) is 43.2 Å². The largest absolute Gasteiger partial charge is 0.271 e. The molecule has 3 N–H and O–H groups in total. The lowest BCUT2D eigenvalue weighted by atomic mass is 9.75. The number of hydrogen-bond donors (Lipinski definition) is 2. The van der Waals surface area contributed by atoms with E-state index in [1.54, 1.807) is 11.3 Å². The van der Waals surface area contributed by atoms with Gasteiger partial charge in [0.15, 0.2) is 0 Å². The molecule has 4 heteroatoms. The summed E-state index contributed by atoms with van der Waals surface area (Å²) >= 11 is 7.65. The second-order valence-corrected chi connectivity index (χ2v) is 6.85. The van der Waals surface area contributed by atoms with Crippen LogP contribution in [0.5, 0.6) is 0 Å². The van der Waals surface area contributed by atoms with E-state index in [9.17, 15) is 0 Å². The first-order valence-corrected chi connectivity index (χ1v) is 7.60. The monoisotopic (exact) mass is 272 g/mol. The highest BCUT2D eigenvalue weighted by molar-refractivity contribution is 7.16. The molecule has 1 unspecified atom stereocenters. The molecule has 1 aromatic rings. The van der Waals surface area contributed by atoms with Crippen molar-refractivity contribution in [1.82, 2.24) is 5.43 Å². The minimum atomic E-state index is 0.379. The van der Waals surface area contributed by atoms with Gasteiger partial charge in [0, 0.05) is 10.9 Å². The van der Waals surface area contributed by atoms with Crippen LogP contribution in [0, 0.1) is 5.41 Å². The lowest BCUT2D eigenvalue weighted by Gasteiger charge is -2.36. The van der Waals surface area contributed by atoms with Crippen molar-refractivity contribution in [3.05, 3.63) is 21.3 Å². The van der Waals surface area contributed by atoms with E-state index in [-0.39, 0.29) is 0 Å². The van der Waals surface area contributed by atoms with Crippen molar-refractivity contribution in [2.24, 2.45) is 11.3 Å². The van der Waals surface area contributed by atoms with Gasteiger partial charge in [-0.15, -0.1) is 11.3 Å². The van der Waals surface area contributed by atoms with E-state index in [0.717, 1.165) is 10.8 Å². The Morgan fingerprint density at radius 2 is 2.18 bits per heavy atom. The maximum atomic E-state index is 5.98. The SMILES string of the molecule is CCC1(C(Cc2ccc(Cl)s2)NN)CCCC1. The zero-order chi connectivity index (χ0) is 12.3. The third kappa shape index (κ3) is 2.84. The highest BCUT2D eigenvalue weighted by atomic mass is 35.5. The molecule has 2 nitrogen and oxygen atoms in total. The van der Waals surface area contributed by atoms with Crippen molar-refractivity contribution in [3.63, 3.8) is 0 Å². The average molecular weight is 273 g/mol. The average Bonchev–Trinajstić information content (AvgIpc) is 2.95. The molecular formula is C13H21ClN2S. The molecule has 0 saturated heterocycles. The van der Waals surface area contributed by atoms with Gasteiger partial charge in [0.1, 0.15) is 0 Å². The maximum absolute atomic E-state index is 5.98. The Hall–Kier alpha value is -0.0900. The minimum absolute atomic E-state index is 0.379. The Bertz CT molecular complexity index is 358. The molecule has 0 radical (unpaired) electrons. The molecule has 1 fully saturated rings. The molecule has 96 valence electrons. The molecule has 0 bridgehead atoms. The predicted molar refractivity (Wildman–Crippen MR) is 75.3 cm³/mol. The van der Waals surface area contributed by atoms with E-state index in [1.807, 2.05) is 6.07 Å². The summed E-state index contributed by atoms with van der Waals surface area (Å²) in [4.78, 5) is 1.33. The van der Waals surface area contributed by atoms with Crippen LogP contribution in [0.3, 0.4) is 0 Å². The molecule has 0 amide bonds. The van der Waals surface area contributed by atoms with Crippen molar-refractivity contribution >= 4 is 22.9 Å². The number of nitrogens with one attached hydrogen (secondary N) is 1. The molecular weight excluding hydrogens is 252 g/mol. The lowest BCUT2D eigenvalue weighted by molar-refractivity contribution is 0.186. The van der Waals surface area contributed by atoms with Crippen molar-refractivity contribution in [1.29, 1.82) is 0 Å². The van der Waals surface area contributed by atoms with Crippen molar-refractivity contribution in [2.45, 2.75) is 51.5 Å². The van der Waals surface area contributed by atoms with Crippen LogP contribution < -0.4 is 11.3 Å². The summed E-state index contributed by atoms with van der Waals surface area (Å²) in [5.41, 5.74) is 3.45. The smallest absolute Gasteiger partial charge is 0.0931 e. The van der Waals surface area contributed by atoms with Gasteiger partial charge in [0.25, 0.3) is 0 Å². The van der Waals surface area contributed by atoms with Crippen LogP contribution in [-0.2, 0) is 6.42 Å². The fourth-order valence-corrected chi connectivity index (χ4v) is 4.28. The van der Waals surface area contributed by atoms with Crippen molar-refractivity contribution < 1.29 is 0 Å².